The van der Waals surface area contributed by atoms with E-state index in [4.69, 9.17) is 4.43 Å². The Morgan fingerprint density at radius 3 is 2.40 bits per heavy atom. The molecule has 0 aliphatic rings. The van der Waals surface area contributed by atoms with Crippen molar-refractivity contribution >= 4 is 8.32 Å². The molecule has 0 N–H and O–H groups in total. The van der Waals surface area contributed by atoms with Crippen LogP contribution in [0.5, 0.6) is 0 Å². The molecule has 0 fully saturated rings. The Balaban J connectivity index is 3.12. The van der Waals surface area contributed by atoms with E-state index in [1.54, 1.807) is 6.08 Å². The fraction of sp³-hybridized carbons (Fsp3) is 0.500. The number of hydrogen-bond donors (Lipinski definition) is 0. The third-order valence-electron chi connectivity index (χ3n) is 3.93. The second kappa shape index (κ2) is 6.18. The van der Waals surface area contributed by atoms with Crippen LogP contribution in [0.2, 0.25) is 18.1 Å². The summed E-state index contributed by atoms with van der Waals surface area (Å²) in [4.78, 5) is 0. The summed E-state index contributed by atoms with van der Waals surface area (Å²) < 4.78 is 33.6. The van der Waals surface area contributed by atoms with Crippen molar-refractivity contribution in [1.82, 2.24) is 0 Å². The van der Waals surface area contributed by atoms with Crippen LogP contribution in [-0.2, 0) is 4.43 Å². The molecule has 1 aromatic rings. The van der Waals surface area contributed by atoms with E-state index in [0.29, 0.717) is 6.42 Å². The van der Waals surface area contributed by atoms with Gasteiger partial charge in [0.1, 0.15) is 11.6 Å². The highest BCUT2D eigenvalue weighted by Crippen LogP contribution is 2.41. The first-order valence-electron chi connectivity index (χ1n) is 6.82. The lowest BCUT2D eigenvalue weighted by molar-refractivity contribution is 0.181. The van der Waals surface area contributed by atoms with E-state index in [-0.39, 0.29) is 10.6 Å². The molecular weight excluding hydrogens is 274 g/mol. The fourth-order valence-corrected chi connectivity index (χ4v) is 2.97. The second-order valence-corrected chi connectivity index (χ2v) is 11.3. The van der Waals surface area contributed by atoms with Crippen LogP contribution < -0.4 is 0 Å². The summed E-state index contributed by atoms with van der Waals surface area (Å²) in [5.41, 5.74) is 0.273. The van der Waals surface area contributed by atoms with Crippen LogP contribution in [-0.4, -0.2) is 8.32 Å². The lowest BCUT2D eigenvalue weighted by Gasteiger charge is -2.39. The van der Waals surface area contributed by atoms with Crippen molar-refractivity contribution in [3.8, 4) is 0 Å². The summed E-state index contributed by atoms with van der Waals surface area (Å²) in [5, 5.41) is 0.0101. The molecule has 0 heterocycles. The van der Waals surface area contributed by atoms with Gasteiger partial charge in [0.15, 0.2) is 8.32 Å². The van der Waals surface area contributed by atoms with Gasteiger partial charge in [-0.3, -0.25) is 0 Å². The quantitative estimate of drug-likeness (QED) is 0.507. The minimum Gasteiger partial charge on any atom is -0.410 e. The minimum atomic E-state index is -2.07. The lowest BCUT2D eigenvalue weighted by Crippen LogP contribution is -2.41. The molecule has 0 amide bonds. The van der Waals surface area contributed by atoms with Crippen LogP contribution in [0, 0.1) is 11.6 Å². The topological polar surface area (TPSA) is 9.23 Å². The van der Waals surface area contributed by atoms with Crippen LogP contribution in [0.15, 0.2) is 30.9 Å². The van der Waals surface area contributed by atoms with Crippen molar-refractivity contribution < 1.29 is 13.2 Å². The zero-order chi connectivity index (χ0) is 15.6. The Morgan fingerprint density at radius 1 is 1.30 bits per heavy atom. The fourth-order valence-electron chi connectivity index (χ4n) is 1.68. The molecule has 0 saturated heterocycles. The molecule has 0 radical (unpaired) electrons. The lowest BCUT2D eigenvalue weighted by atomic mass is 10.1. The summed E-state index contributed by atoms with van der Waals surface area (Å²) in [5.74, 6) is -0.883. The predicted octanol–water partition coefficient (Wildman–Crippen LogP) is 5.60. The molecule has 1 rings (SSSR count). The average molecular weight is 298 g/mol. The molecule has 112 valence electrons. The first kappa shape index (κ1) is 17.0. The molecule has 1 atom stereocenters. The van der Waals surface area contributed by atoms with E-state index in [2.05, 4.69) is 40.4 Å². The van der Waals surface area contributed by atoms with E-state index < -0.39 is 26.1 Å². The van der Waals surface area contributed by atoms with Crippen LogP contribution >= 0.6 is 0 Å². The number of benzene rings is 1. The molecule has 0 aromatic heterocycles. The van der Waals surface area contributed by atoms with Gasteiger partial charge in [-0.1, -0.05) is 26.8 Å². The zero-order valence-corrected chi connectivity index (χ0v) is 14.0. The van der Waals surface area contributed by atoms with Crippen LogP contribution in [0.1, 0.15) is 38.9 Å². The number of hydrogen-bond acceptors (Lipinski definition) is 1. The Hall–Kier alpha value is -1.00. The van der Waals surface area contributed by atoms with Gasteiger partial charge in [0.05, 0.1) is 6.10 Å². The van der Waals surface area contributed by atoms with Crippen LogP contribution in [0.3, 0.4) is 0 Å². The Bertz CT molecular complexity index is 478. The van der Waals surface area contributed by atoms with E-state index >= 15 is 0 Å². The first-order chi connectivity index (χ1) is 9.08. The highest BCUT2D eigenvalue weighted by molar-refractivity contribution is 6.74. The molecule has 0 aliphatic heterocycles. The Morgan fingerprint density at radius 2 is 1.90 bits per heavy atom. The van der Waals surface area contributed by atoms with E-state index in [1.165, 1.54) is 6.07 Å². The SMILES string of the molecule is C=CCC(O[Si](C)(C)C(C)(C)C)c1cc(F)ccc1F. The van der Waals surface area contributed by atoms with E-state index in [1.807, 2.05) is 0 Å². The molecule has 4 heteroatoms. The smallest absolute Gasteiger partial charge is 0.192 e. The third-order valence-corrected chi connectivity index (χ3v) is 8.41. The molecule has 0 saturated carbocycles. The molecule has 1 aromatic carbocycles. The van der Waals surface area contributed by atoms with Gasteiger partial charge in [-0.05, 0) is 42.8 Å². The summed E-state index contributed by atoms with van der Waals surface area (Å²) in [6.45, 7) is 14.2. The summed E-state index contributed by atoms with van der Waals surface area (Å²) in [7, 11) is -2.07. The summed E-state index contributed by atoms with van der Waals surface area (Å²) in [6, 6.07) is 3.49. The maximum Gasteiger partial charge on any atom is 0.192 e. The molecule has 20 heavy (non-hydrogen) atoms. The van der Waals surface area contributed by atoms with Crippen molar-refractivity contribution in [2.24, 2.45) is 0 Å². The van der Waals surface area contributed by atoms with E-state index in [0.717, 1.165) is 12.1 Å². The molecular formula is C16H24F2OSi. The van der Waals surface area contributed by atoms with Crippen LogP contribution in [0.4, 0.5) is 8.78 Å². The standard InChI is InChI=1S/C16H24F2OSi/c1-7-8-15(19-20(5,6)16(2,3)4)13-11-12(17)9-10-14(13)18/h7,9-11,15H,1,8H2,2-6H3. The summed E-state index contributed by atoms with van der Waals surface area (Å²) in [6.07, 6.45) is 1.67. The van der Waals surface area contributed by atoms with E-state index in [9.17, 15) is 8.78 Å². The average Bonchev–Trinajstić information content (AvgIpc) is 2.30. The van der Waals surface area contributed by atoms with Gasteiger partial charge in [-0.15, -0.1) is 6.58 Å². The number of rotatable bonds is 5. The van der Waals surface area contributed by atoms with Gasteiger partial charge < -0.3 is 4.43 Å². The van der Waals surface area contributed by atoms with Gasteiger partial charge >= 0.3 is 0 Å². The highest BCUT2D eigenvalue weighted by Gasteiger charge is 2.39. The van der Waals surface area contributed by atoms with Crippen molar-refractivity contribution in [2.45, 2.75) is 51.4 Å². The minimum absolute atomic E-state index is 0.0101. The monoisotopic (exact) mass is 298 g/mol. The molecule has 0 spiro atoms. The van der Waals surface area contributed by atoms with Gasteiger partial charge in [0, 0.05) is 5.56 Å². The van der Waals surface area contributed by atoms with Crippen molar-refractivity contribution in [1.29, 1.82) is 0 Å². The van der Waals surface area contributed by atoms with Crippen molar-refractivity contribution in [3.63, 3.8) is 0 Å². The van der Waals surface area contributed by atoms with Crippen LogP contribution in [0.25, 0.3) is 0 Å². The summed E-state index contributed by atoms with van der Waals surface area (Å²) >= 11 is 0. The normalized spacial score (nSPS) is 14.2. The largest absolute Gasteiger partial charge is 0.410 e. The van der Waals surface area contributed by atoms with Crippen molar-refractivity contribution in [3.05, 3.63) is 48.1 Å². The molecule has 0 aliphatic carbocycles. The maximum atomic E-state index is 13.9. The highest BCUT2D eigenvalue weighted by atomic mass is 28.4. The van der Waals surface area contributed by atoms with Gasteiger partial charge in [-0.2, -0.15) is 0 Å². The predicted molar refractivity (Wildman–Crippen MR) is 82.2 cm³/mol. The second-order valence-electron chi connectivity index (χ2n) is 6.56. The molecule has 1 unspecified atom stereocenters. The van der Waals surface area contributed by atoms with Gasteiger partial charge in [0.2, 0.25) is 0 Å². The Labute approximate surface area is 121 Å². The Kier molecular flexibility index (Phi) is 5.27. The zero-order valence-electron chi connectivity index (χ0n) is 13.0. The number of halogens is 2. The third kappa shape index (κ3) is 3.99. The van der Waals surface area contributed by atoms with Gasteiger partial charge in [0.25, 0.3) is 0 Å². The first-order valence-corrected chi connectivity index (χ1v) is 9.73. The van der Waals surface area contributed by atoms with Crippen molar-refractivity contribution in [2.75, 3.05) is 0 Å². The maximum absolute atomic E-state index is 13.9. The van der Waals surface area contributed by atoms with Gasteiger partial charge in [-0.25, -0.2) is 8.78 Å². The molecule has 0 bridgehead atoms. The molecule has 1 nitrogen and oxygen atoms in total.